The molecule has 2 rings (SSSR count). The highest BCUT2D eigenvalue weighted by Gasteiger charge is 2.09. The molecule has 0 amide bonds. The molecule has 0 bridgehead atoms. The zero-order chi connectivity index (χ0) is 13.0. The molecular formula is C9H9ClN6O2. The van der Waals surface area contributed by atoms with Gasteiger partial charge in [-0.1, -0.05) is 11.6 Å². The topological polar surface area (TPSA) is 110 Å². The normalized spacial score (nSPS) is 10.3. The fraction of sp³-hybridized carbons (Fsp3) is 0.222. The number of anilines is 1. The summed E-state index contributed by atoms with van der Waals surface area (Å²) in [6, 6.07) is 2.52. The van der Waals surface area contributed by atoms with Crippen molar-refractivity contribution < 1.29 is 4.92 Å². The average molecular weight is 269 g/mol. The summed E-state index contributed by atoms with van der Waals surface area (Å²) in [6.45, 7) is 0.514. The number of nitro groups is 1. The van der Waals surface area contributed by atoms with Gasteiger partial charge in [-0.05, 0) is 0 Å². The molecule has 2 heterocycles. The van der Waals surface area contributed by atoms with Crippen LogP contribution in [0.5, 0.6) is 0 Å². The number of pyridine rings is 1. The van der Waals surface area contributed by atoms with Gasteiger partial charge in [-0.3, -0.25) is 15.2 Å². The lowest BCUT2D eigenvalue weighted by Gasteiger charge is -2.04. The molecule has 0 aliphatic heterocycles. The van der Waals surface area contributed by atoms with Gasteiger partial charge < -0.3 is 5.32 Å². The maximum atomic E-state index is 10.6. The summed E-state index contributed by atoms with van der Waals surface area (Å²) < 4.78 is 0. The zero-order valence-electron chi connectivity index (χ0n) is 9.13. The SMILES string of the molecule is O=[N+]([O-])c1cc(Cl)nc(NCCc2ncn[nH]2)c1. The Morgan fingerprint density at radius 3 is 3.00 bits per heavy atom. The summed E-state index contributed by atoms with van der Waals surface area (Å²) in [7, 11) is 0. The molecule has 0 spiro atoms. The van der Waals surface area contributed by atoms with Crippen molar-refractivity contribution >= 4 is 23.1 Å². The van der Waals surface area contributed by atoms with E-state index < -0.39 is 4.92 Å². The molecule has 94 valence electrons. The van der Waals surface area contributed by atoms with Gasteiger partial charge in [0, 0.05) is 13.0 Å². The molecular weight excluding hydrogens is 260 g/mol. The molecule has 2 aromatic heterocycles. The van der Waals surface area contributed by atoms with Crippen LogP contribution in [0.15, 0.2) is 18.5 Å². The van der Waals surface area contributed by atoms with Crippen LogP contribution in [0.1, 0.15) is 5.82 Å². The van der Waals surface area contributed by atoms with Crippen LogP contribution in [0.4, 0.5) is 11.5 Å². The van der Waals surface area contributed by atoms with Gasteiger partial charge in [0.2, 0.25) is 0 Å². The van der Waals surface area contributed by atoms with E-state index in [4.69, 9.17) is 11.6 Å². The molecule has 0 radical (unpaired) electrons. The first-order chi connectivity index (χ1) is 8.65. The van der Waals surface area contributed by atoms with Crippen LogP contribution in [-0.2, 0) is 6.42 Å². The molecule has 0 aliphatic rings. The third-order valence-electron chi connectivity index (χ3n) is 2.12. The van der Waals surface area contributed by atoms with Gasteiger partial charge in [-0.25, -0.2) is 9.97 Å². The minimum absolute atomic E-state index is 0.0753. The number of hydrogen-bond acceptors (Lipinski definition) is 6. The van der Waals surface area contributed by atoms with Gasteiger partial charge in [0.05, 0.1) is 17.1 Å². The number of rotatable bonds is 5. The lowest BCUT2D eigenvalue weighted by Crippen LogP contribution is -2.07. The van der Waals surface area contributed by atoms with Crippen LogP contribution in [0, 0.1) is 10.1 Å². The summed E-state index contributed by atoms with van der Waals surface area (Å²) in [5, 5.41) is 20.1. The molecule has 0 aliphatic carbocycles. The van der Waals surface area contributed by atoms with Gasteiger partial charge >= 0.3 is 0 Å². The number of aromatic amines is 1. The second-order valence-electron chi connectivity index (χ2n) is 3.40. The van der Waals surface area contributed by atoms with E-state index in [1.165, 1.54) is 18.5 Å². The predicted octanol–water partition coefficient (Wildman–Crippen LogP) is 1.42. The Morgan fingerprint density at radius 1 is 1.50 bits per heavy atom. The summed E-state index contributed by atoms with van der Waals surface area (Å²) >= 11 is 5.69. The summed E-state index contributed by atoms with van der Waals surface area (Å²) in [6.07, 6.45) is 2.01. The van der Waals surface area contributed by atoms with Crippen molar-refractivity contribution in [2.24, 2.45) is 0 Å². The third-order valence-corrected chi connectivity index (χ3v) is 2.32. The molecule has 0 unspecified atom stereocenters. The standard InChI is InChI=1S/C9H9ClN6O2/c10-7-3-6(16(17)18)4-9(14-7)11-2-1-8-12-5-13-15-8/h3-5H,1-2H2,(H,11,14)(H,12,13,15). The Balaban J connectivity index is 1.98. The molecule has 9 heteroatoms. The van der Waals surface area contributed by atoms with E-state index >= 15 is 0 Å². The highest BCUT2D eigenvalue weighted by atomic mass is 35.5. The van der Waals surface area contributed by atoms with Crippen molar-refractivity contribution in [3.8, 4) is 0 Å². The number of H-pyrrole nitrogens is 1. The van der Waals surface area contributed by atoms with E-state index in [1.54, 1.807) is 0 Å². The Morgan fingerprint density at radius 2 is 2.33 bits per heavy atom. The van der Waals surface area contributed by atoms with Crippen LogP contribution < -0.4 is 5.32 Å². The molecule has 0 atom stereocenters. The average Bonchev–Trinajstić information content (AvgIpc) is 2.81. The monoisotopic (exact) mass is 268 g/mol. The zero-order valence-corrected chi connectivity index (χ0v) is 9.89. The Hall–Kier alpha value is -2.22. The highest BCUT2D eigenvalue weighted by Crippen LogP contribution is 2.20. The van der Waals surface area contributed by atoms with E-state index in [0.29, 0.717) is 18.8 Å². The minimum Gasteiger partial charge on any atom is -0.369 e. The summed E-state index contributed by atoms with van der Waals surface area (Å²) in [5.74, 6) is 1.08. The lowest BCUT2D eigenvalue weighted by molar-refractivity contribution is -0.384. The number of halogens is 1. The second-order valence-corrected chi connectivity index (χ2v) is 3.79. The number of nitrogens with one attached hydrogen (secondary N) is 2. The molecule has 2 aromatic rings. The first-order valence-electron chi connectivity index (χ1n) is 5.05. The van der Waals surface area contributed by atoms with E-state index in [-0.39, 0.29) is 10.8 Å². The van der Waals surface area contributed by atoms with Gasteiger partial charge in [-0.15, -0.1) is 0 Å². The van der Waals surface area contributed by atoms with Crippen LogP contribution in [0.2, 0.25) is 5.15 Å². The van der Waals surface area contributed by atoms with E-state index in [2.05, 4.69) is 25.5 Å². The highest BCUT2D eigenvalue weighted by molar-refractivity contribution is 6.29. The minimum atomic E-state index is -0.519. The van der Waals surface area contributed by atoms with Crippen molar-refractivity contribution in [2.45, 2.75) is 6.42 Å². The fourth-order valence-electron chi connectivity index (χ4n) is 1.34. The maximum absolute atomic E-state index is 10.6. The van der Waals surface area contributed by atoms with Crippen molar-refractivity contribution in [3.63, 3.8) is 0 Å². The fourth-order valence-corrected chi connectivity index (χ4v) is 1.54. The van der Waals surface area contributed by atoms with Crippen molar-refractivity contribution in [1.29, 1.82) is 0 Å². The number of aromatic nitrogens is 4. The lowest BCUT2D eigenvalue weighted by atomic mass is 10.3. The number of hydrogen-bond donors (Lipinski definition) is 2. The van der Waals surface area contributed by atoms with Crippen LogP contribution in [0.3, 0.4) is 0 Å². The van der Waals surface area contributed by atoms with Crippen LogP contribution in [-0.4, -0.2) is 31.6 Å². The van der Waals surface area contributed by atoms with Gasteiger partial charge in [0.1, 0.15) is 23.1 Å². The first kappa shape index (κ1) is 12.2. The van der Waals surface area contributed by atoms with Crippen LogP contribution in [0.25, 0.3) is 0 Å². The molecule has 8 nitrogen and oxygen atoms in total. The van der Waals surface area contributed by atoms with Crippen LogP contribution >= 0.6 is 11.6 Å². The largest absolute Gasteiger partial charge is 0.369 e. The second kappa shape index (κ2) is 5.41. The van der Waals surface area contributed by atoms with Crippen molar-refractivity contribution in [1.82, 2.24) is 20.2 Å². The Labute approximate surface area is 107 Å². The quantitative estimate of drug-likeness (QED) is 0.482. The molecule has 2 N–H and O–H groups in total. The first-order valence-corrected chi connectivity index (χ1v) is 5.43. The van der Waals surface area contributed by atoms with Gasteiger partial charge in [0.15, 0.2) is 0 Å². The Bertz CT molecular complexity index is 544. The van der Waals surface area contributed by atoms with Crippen molar-refractivity contribution in [3.05, 3.63) is 39.6 Å². The predicted molar refractivity (Wildman–Crippen MR) is 64.5 cm³/mol. The van der Waals surface area contributed by atoms with Crippen molar-refractivity contribution in [2.75, 3.05) is 11.9 Å². The summed E-state index contributed by atoms with van der Waals surface area (Å²) in [4.78, 5) is 18.0. The van der Waals surface area contributed by atoms with E-state index in [1.807, 2.05) is 0 Å². The van der Waals surface area contributed by atoms with E-state index in [9.17, 15) is 10.1 Å². The smallest absolute Gasteiger partial charge is 0.276 e. The van der Waals surface area contributed by atoms with Gasteiger partial charge in [-0.2, -0.15) is 5.10 Å². The molecule has 0 fully saturated rings. The summed E-state index contributed by atoms with van der Waals surface area (Å²) in [5.41, 5.74) is -0.0998. The molecule has 0 saturated carbocycles. The number of nitrogens with zero attached hydrogens (tertiary/aromatic N) is 4. The maximum Gasteiger partial charge on any atom is 0.276 e. The molecule has 0 saturated heterocycles. The van der Waals surface area contributed by atoms with Gasteiger partial charge in [0.25, 0.3) is 5.69 Å². The third kappa shape index (κ3) is 3.14. The van der Waals surface area contributed by atoms with E-state index in [0.717, 1.165) is 5.82 Å². The Kier molecular flexibility index (Phi) is 3.68. The molecule has 0 aromatic carbocycles. The molecule has 18 heavy (non-hydrogen) atoms.